The zero-order valence-corrected chi connectivity index (χ0v) is 79.2. The van der Waals surface area contributed by atoms with E-state index >= 15 is 0 Å². The predicted molar refractivity (Wildman–Crippen MR) is 494 cm³/mol. The van der Waals surface area contributed by atoms with Gasteiger partial charge in [0.25, 0.3) is 0 Å². The Morgan fingerprint density at radius 2 is 0.761 bits per heavy atom. The molecule has 0 radical (unpaired) electrons. The molecule has 19 atom stereocenters. The highest BCUT2D eigenvalue weighted by molar-refractivity contribution is 15.0. The maximum absolute atomic E-state index is 13.6. The van der Waals surface area contributed by atoms with Gasteiger partial charge in [-0.2, -0.15) is 0 Å². The molecule has 117 heavy (non-hydrogen) atoms. The predicted octanol–water partition coefficient (Wildman–Crippen LogP) is 20.2. The largest absolute Gasteiger partial charge is 0.457 e. The molecule has 0 aliphatic carbocycles. The van der Waals surface area contributed by atoms with Crippen LogP contribution in [0.4, 0.5) is 0 Å². The van der Waals surface area contributed by atoms with Crippen LogP contribution in [-0.2, 0) is 52.5 Å². The number of cyclic esters (lactones) is 3. The highest BCUT2D eigenvalue weighted by Gasteiger charge is 2.55. The maximum Gasteiger partial charge on any atom is 0.309 e. The van der Waals surface area contributed by atoms with Gasteiger partial charge in [-0.3, -0.25) is 28.8 Å². The Labute approximate surface area is 745 Å². The van der Waals surface area contributed by atoms with Crippen LogP contribution in [0.2, 0.25) is 0 Å². The first-order valence-electron chi connectivity index (χ1n) is 40.5. The summed E-state index contributed by atoms with van der Waals surface area (Å²) in [6.07, 6.45) is 7.52. The smallest absolute Gasteiger partial charge is 0.309 e. The first kappa shape index (κ1) is 101. The number of carbonyl (C=O) groups excluding carboxylic acids is 6. The Morgan fingerprint density at radius 1 is 0.470 bits per heavy atom. The molecular weight excluding hydrogens is 1880 g/mol. The fourth-order valence-corrected chi connectivity index (χ4v) is 18.9. The molecule has 5 aliphatic rings. The summed E-state index contributed by atoms with van der Waals surface area (Å²) in [6.45, 7) is 39.0. The number of Topliss-reactive ketones (excluding diaryl/α,β-unsaturated/α-hetero) is 3. The third-order valence-electron chi connectivity index (χ3n) is 24.7. The third kappa shape index (κ3) is 26.1. The van der Waals surface area contributed by atoms with Gasteiger partial charge in [0.15, 0.2) is 0 Å². The summed E-state index contributed by atoms with van der Waals surface area (Å²) < 4.78 is 33.3. The van der Waals surface area contributed by atoms with Crippen molar-refractivity contribution in [3.05, 3.63) is 136 Å². The number of rotatable bonds is 9. The van der Waals surface area contributed by atoms with Crippen LogP contribution in [-0.4, -0.2) is 141 Å². The van der Waals surface area contributed by atoms with Crippen LogP contribution >= 0.6 is 95.2 Å². The number of nitrogens with zero attached hydrogens (tertiary/aromatic N) is 3. The fourth-order valence-electron chi connectivity index (χ4n) is 16.4. The number of ether oxygens (including phenoxy) is 5. The highest BCUT2D eigenvalue weighted by Crippen LogP contribution is 2.50. The summed E-state index contributed by atoms with van der Waals surface area (Å²) in [5.41, 5.74) is 1.89. The van der Waals surface area contributed by atoms with E-state index in [4.69, 9.17) is 23.7 Å². The number of hydrogen-bond acceptors (Lipinski definition) is 23. The zero-order chi connectivity index (χ0) is 85.0. The zero-order valence-electron chi connectivity index (χ0n) is 70.1. The maximum atomic E-state index is 13.6. The van der Waals surface area contributed by atoms with Gasteiger partial charge < -0.3 is 54.3 Å². The van der Waals surface area contributed by atoms with Crippen LogP contribution in [0, 0.1) is 72.5 Å². The topological polar surface area (TPSA) is 315 Å². The minimum absolute atomic E-state index is 0. The number of halogens is 3. The van der Waals surface area contributed by atoms with Crippen molar-refractivity contribution in [1.82, 2.24) is 15.0 Å². The SMILES string of the molecule is C.C=CC[C@H]1C(=O)C(C)(C)[C@@H](O)CC(=O)OC(c2ccc3sc(C)nc3c2)C/C=C(/C)CCC[C@H](C)[C@@H]1O.C=CC[C@H]1C(=O)C(C)(C)[C@@H](O)CC(=O)OC(c2ccc3sc(C)nc3c2)C[C@@H]2O[C@]2(C)CCC[C@H](C)[C@@H]1O.C=CC[C@H]1C(=O)C(C)(C)[C@@H](O)CC(=O)OC(c2ccc3sc(C)nc3c2)C[C@H]2O[C@@]2(C)CCC[C@H](C)[C@@H]1O.I.II. The first-order chi connectivity index (χ1) is 54.1. The van der Waals surface area contributed by atoms with E-state index in [1.54, 1.807) is 93.8 Å². The average molecular weight is 2010 g/mol. The summed E-state index contributed by atoms with van der Waals surface area (Å²) in [4.78, 5) is 93.8. The van der Waals surface area contributed by atoms with Crippen molar-refractivity contribution in [2.45, 2.75) is 305 Å². The number of thiazole rings is 3. The molecular formula is C91H128I3N3O17S3. The number of carbonyl (C=O) groups is 6. The molecule has 4 fully saturated rings. The van der Waals surface area contributed by atoms with Crippen LogP contribution in [0.5, 0.6) is 0 Å². The van der Waals surface area contributed by atoms with Crippen molar-refractivity contribution < 1.29 is 83.1 Å². The number of ketones is 3. The molecule has 20 nitrogen and oxygen atoms in total. The number of aryl methyl sites for hydroxylation is 3. The van der Waals surface area contributed by atoms with Gasteiger partial charge in [-0.15, -0.1) is 77.7 Å². The van der Waals surface area contributed by atoms with E-state index in [0.717, 1.165) is 120 Å². The van der Waals surface area contributed by atoms with Crippen molar-refractivity contribution in [2.24, 2.45) is 51.8 Å². The number of epoxide rings is 2. The number of esters is 3. The Morgan fingerprint density at radius 3 is 1.07 bits per heavy atom. The monoisotopic (exact) mass is 2010 g/mol. The quantitative estimate of drug-likeness (QED) is 0.0257. The van der Waals surface area contributed by atoms with Gasteiger partial charge in [0, 0.05) is 74.2 Å². The lowest BCUT2D eigenvalue weighted by Gasteiger charge is -2.35. The average Bonchev–Trinajstić information content (AvgIpc) is 1.63. The summed E-state index contributed by atoms with van der Waals surface area (Å²) in [5, 5.41) is 69.4. The van der Waals surface area contributed by atoms with E-state index in [-0.39, 0.29) is 109 Å². The Bertz CT molecular complexity index is 4240. The summed E-state index contributed by atoms with van der Waals surface area (Å²) in [7, 11) is 0. The number of benzene rings is 3. The summed E-state index contributed by atoms with van der Waals surface area (Å²) in [5.74, 6) is -4.99. The number of allylic oxidation sites excluding steroid dienone is 4. The molecule has 8 heterocycles. The normalized spacial score (nSPS) is 32.2. The van der Waals surface area contributed by atoms with Crippen molar-refractivity contribution >= 4 is 161 Å². The van der Waals surface area contributed by atoms with E-state index in [9.17, 15) is 59.4 Å². The van der Waals surface area contributed by atoms with E-state index < -0.39 is 107 Å². The highest BCUT2D eigenvalue weighted by atomic mass is 128. The Kier molecular flexibility index (Phi) is 38.4. The number of aliphatic hydroxyl groups excluding tert-OH is 6. The van der Waals surface area contributed by atoms with Gasteiger partial charge in [-0.1, -0.05) is 131 Å². The lowest BCUT2D eigenvalue weighted by Crippen LogP contribution is -2.46. The van der Waals surface area contributed by atoms with E-state index in [1.807, 2.05) is 96.1 Å². The Hall–Kier alpha value is -4.42. The molecule has 3 aromatic carbocycles. The van der Waals surface area contributed by atoms with E-state index in [0.29, 0.717) is 38.5 Å². The molecule has 6 aromatic rings. The standard InChI is InChI=1S/2C30H41NO6S.C30H41NO5S.CH4.I2.HI/c2*1-7-9-20-27(34)17(2)10-8-13-30(6)25(37-30)15-22(19-11-12-23-21(14-19)31-18(3)38-23)36-26(33)16-24(32)29(4,5)28(20)35;1-7-9-22-28(34)19(3)11-8-10-18(2)12-14-24(21-13-15-25-23(16-21)31-20(4)37-25)36-27(33)17-26(32)30(5,6)29(22)35;;1-2;/h2*7,11-12,14,17,20,22,24-25,27,32,34H,1,8-10,13,15-16H2,2-6H3;7,12-13,15-16,19,22,24,26,28,32,34H,1,8-11,14,17H2,2-6H3;1H4;;1H/b;;18-12-;;;/t17-,20+,22?,24-,25+,27-,30-;17-,20+,22?,24-,25-,27-,30+;19-,22+,24?,26-,28-;;;/m000.../s1. The fraction of sp³-hybridized carbons (Fsp3) is 0.615. The van der Waals surface area contributed by atoms with Crippen LogP contribution in [0.1, 0.15) is 256 Å². The van der Waals surface area contributed by atoms with Crippen molar-refractivity contribution in [3.63, 3.8) is 0 Å². The number of aromatic nitrogens is 3. The van der Waals surface area contributed by atoms with Crippen LogP contribution in [0.25, 0.3) is 30.6 Å². The Balaban J connectivity index is 0.000000267. The summed E-state index contributed by atoms with van der Waals surface area (Å²) >= 11 is 9.09. The van der Waals surface area contributed by atoms with Crippen molar-refractivity contribution in [2.75, 3.05) is 0 Å². The van der Waals surface area contributed by atoms with Gasteiger partial charge in [0.05, 0.1) is 141 Å². The molecule has 4 saturated heterocycles. The molecule has 3 aromatic heterocycles. The molecule has 5 aliphatic heterocycles. The first-order valence-corrected chi connectivity index (χ1v) is 49.3. The van der Waals surface area contributed by atoms with Gasteiger partial charge in [-0.25, -0.2) is 15.0 Å². The second-order valence-electron chi connectivity index (χ2n) is 34.8. The minimum atomic E-state index is -1.27. The molecule has 11 rings (SSSR count). The van der Waals surface area contributed by atoms with Crippen molar-refractivity contribution in [3.8, 4) is 0 Å². The van der Waals surface area contributed by atoms with E-state index in [2.05, 4.69) is 98.8 Å². The van der Waals surface area contributed by atoms with Gasteiger partial charge in [0.1, 0.15) is 35.7 Å². The molecule has 6 N–H and O–H groups in total. The van der Waals surface area contributed by atoms with E-state index in [1.165, 1.54) is 5.57 Å². The number of fused-ring (bicyclic) bond motifs is 5. The number of hydrogen-bond donors (Lipinski definition) is 6. The third-order valence-corrected chi connectivity index (χ3v) is 27.6. The summed E-state index contributed by atoms with van der Waals surface area (Å²) in [6, 6.07) is 17.8. The van der Waals surface area contributed by atoms with Crippen LogP contribution in [0.15, 0.2) is 104 Å². The molecule has 26 heteroatoms. The molecule has 648 valence electrons. The van der Waals surface area contributed by atoms with Gasteiger partial charge >= 0.3 is 17.9 Å². The van der Waals surface area contributed by atoms with Crippen LogP contribution < -0.4 is 0 Å². The lowest BCUT2D eigenvalue weighted by atomic mass is 9.71. The van der Waals surface area contributed by atoms with Crippen molar-refractivity contribution in [1.29, 1.82) is 0 Å². The van der Waals surface area contributed by atoms with Gasteiger partial charge in [0.2, 0.25) is 0 Å². The molecule has 0 spiro atoms. The second kappa shape index (κ2) is 44.3. The lowest BCUT2D eigenvalue weighted by molar-refractivity contribution is -0.158. The van der Waals surface area contributed by atoms with Crippen LogP contribution in [0.3, 0.4) is 0 Å². The van der Waals surface area contributed by atoms with Gasteiger partial charge in [-0.05, 0) is 177 Å². The minimum Gasteiger partial charge on any atom is -0.457 e. The molecule has 0 amide bonds. The number of aliphatic hydroxyl groups is 6. The molecule has 3 unspecified atom stereocenters. The second-order valence-corrected chi connectivity index (χ2v) is 38.5. The molecule has 0 saturated carbocycles. The molecule has 0 bridgehead atoms.